The molecule has 0 aliphatic heterocycles. The summed E-state index contributed by atoms with van der Waals surface area (Å²) in [5.41, 5.74) is 0. The first-order valence-electron chi connectivity index (χ1n) is 4.97. The molecule has 5 heteroatoms. The SMILES string of the molecule is COCCN(CCOC)C(C)C(=O)OC. The molecular formula is C10H21NO4. The normalized spacial score (nSPS) is 12.9. The number of esters is 1. The Morgan fingerprint density at radius 3 is 1.93 bits per heavy atom. The van der Waals surface area contributed by atoms with Gasteiger partial charge in [0.2, 0.25) is 0 Å². The van der Waals surface area contributed by atoms with Crippen molar-refractivity contribution >= 4 is 5.97 Å². The van der Waals surface area contributed by atoms with Crippen molar-refractivity contribution in [3.63, 3.8) is 0 Å². The zero-order chi connectivity index (χ0) is 11.7. The van der Waals surface area contributed by atoms with Crippen LogP contribution in [0, 0.1) is 0 Å². The molecule has 5 nitrogen and oxygen atoms in total. The predicted molar refractivity (Wildman–Crippen MR) is 56.8 cm³/mol. The van der Waals surface area contributed by atoms with Gasteiger partial charge in [-0.3, -0.25) is 9.69 Å². The minimum absolute atomic E-state index is 0.234. The van der Waals surface area contributed by atoms with Gasteiger partial charge in [0.25, 0.3) is 0 Å². The van der Waals surface area contributed by atoms with Crippen LogP contribution in [0.1, 0.15) is 6.92 Å². The van der Waals surface area contributed by atoms with E-state index in [9.17, 15) is 4.79 Å². The van der Waals surface area contributed by atoms with Gasteiger partial charge in [-0.1, -0.05) is 0 Å². The number of rotatable bonds is 8. The van der Waals surface area contributed by atoms with Crippen molar-refractivity contribution in [1.82, 2.24) is 4.90 Å². The lowest BCUT2D eigenvalue weighted by Crippen LogP contribution is -2.43. The second-order valence-corrected chi connectivity index (χ2v) is 3.22. The number of carbonyl (C=O) groups excluding carboxylic acids is 1. The standard InChI is InChI=1S/C10H21NO4/c1-9(10(12)15-4)11(5-7-13-2)6-8-14-3/h9H,5-8H2,1-4H3. The largest absolute Gasteiger partial charge is 0.468 e. The fourth-order valence-electron chi connectivity index (χ4n) is 1.24. The maximum atomic E-state index is 11.3. The molecule has 1 unspecified atom stereocenters. The summed E-state index contributed by atoms with van der Waals surface area (Å²) in [5, 5.41) is 0. The van der Waals surface area contributed by atoms with Gasteiger partial charge in [0.15, 0.2) is 0 Å². The summed E-state index contributed by atoms with van der Waals surface area (Å²) in [5.74, 6) is -0.234. The van der Waals surface area contributed by atoms with E-state index < -0.39 is 0 Å². The fraction of sp³-hybridized carbons (Fsp3) is 0.900. The van der Waals surface area contributed by atoms with E-state index in [2.05, 4.69) is 0 Å². The van der Waals surface area contributed by atoms with Crippen molar-refractivity contribution in [3.05, 3.63) is 0 Å². The first kappa shape index (κ1) is 14.3. The average molecular weight is 219 g/mol. The third kappa shape index (κ3) is 5.71. The molecule has 15 heavy (non-hydrogen) atoms. The van der Waals surface area contributed by atoms with Crippen LogP contribution < -0.4 is 0 Å². The van der Waals surface area contributed by atoms with Crippen LogP contribution in [0.15, 0.2) is 0 Å². The van der Waals surface area contributed by atoms with Crippen LogP contribution in [0.4, 0.5) is 0 Å². The van der Waals surface area contributed by atoms with Crippen molar-refractivity contribution in [1.29, 1.82) is 0 Å². The van der Waals surface area contributed by atoms with Gasteiger partial charge in [0.1, 0.15) is 6.04 Å². The van der Waals surface area contributed by atoms with Gasteiger partial charge in [-0.25, -0.2) is 0 Å². The van der Waals surface area contributed by atoms with Gasteiger partial charge >= 0.3 is 5.97 Å². The van der Waals surface area contributed by atoms with Crippen molar-refractivity contribution in [2.75, 3.05) is 47.6 Å². The summed E-state index contributed by atoms with van der Waals surface area (Å²) in [7, 11) is 4.66. The van der Waals surface area contributed by atoms with Crippen molar-refractivity contribution in [2.45, 2.75) is 13.0 Å². The molecule has 0 bridgehead atoms. The van der Waals surface area contributed by atoms with Gasteiger partial charge in [0, 0.05) is 27.3 Å². The van der Waals surface area contributed by atoms with Gasteiger partial charge < -0.3 is 14.2 Å². The predicted octanol–water partition coefficient (Wildman–Crippen LogP) is 0.143. The molecule has 0 aliphatic carbocycles. The Morgan fingerprint density at radius 1 is 1.13 bits per heavy atom. The maximum absolute atomic E-state index is 11.3. The Labute approximate surface area is 91.3 Å². The van der Waals surface area contributed by atoms with Crippen LogP contribution in [-0.2, 0) is 19.0 Å². The molecule has 0 rings (SSSR count). The lowest BCUT2D eigenvalue weighted by atomic mass is 10.3. The quantitative estimate of drug-likeness (QED) is 0.544. The number of ether oxygens (including phenoxy) is 3. The van der Waals surface area contributed by atoms with E-state index in [0.717, 1.165) is 0 Å². The molecule has 0 saturated heterocycles. The molecule has 0 aromatic carbocycles. The molecule has 0 aliphatic rings. The molecule has 90 valence electrons. The third-order valence-corrected chi connectivity index (χ3v) is 2.26. The van der Waals surface area contributed by atoms with Crippen LogP contribution in [0.25, 0.3) is 0 Å². The number of methoxy groups -OCH3 is 3. The van der Waals surface area contributed by atoms with Gasteiger partial charge in [0.05, 0.1) is 20.3 Å². The summed E-state index contributed by atoms with van der Waals surface area (Å²) in [6.07, 6.45) is 0. The van der Waals surface area contributed by atoms with Crippen LogP contribution in [0.5, 0.6) is 0 Å². The van der Waals surface area contributed by atoms with Crippen molar-refractivity contribution in [2.24, 2.45) is 0 Å². The number of carbonyl (C=O) groups is 1. The molecule has 0 aromatic heterocycles. The summed E-state index contributed by atoms with van der Waals surface area (Å²) in [4.78, 5) is 13.3. The summed E-state index contributed by atoms with van der Waals surface area (Å²) < 4.78 is 14.7. The number of hydrogen-bond acceptors (Lipinski definition) is 5. The number of hydrogen-bond donors (Lipinski definition) is 0. The van der Waals surface area contributed by atoms with E-state index >= 15 is 0 Å². The lowest BCUT2D eigenvalue weighted by Gasteiger charge is -2.26. The minimum Gasteiger partial charge on any atom is -0.468 e. The monoisotopic (exact) mass is 219 g/mol. The molecule has 0 aromatic rings. The zero-order valence-corrected chi connectivity index (χ0v) is 9.99. The Kier molecular flexibility index (Phi) is 8.27. The highest BCUT2D eigenvalue weighted by Crippen LogP contribution is 2.01. The molecule has 0 heterocycles. The molecule has 1 atom stereocenters. The van der Waals surface area contributed by atoms with Crippen LogP contribution in [-0.4, -0.2) is 64.5 Å². The molecule has 0 radical (unpaired) electrons. The summed E-state index contributed by atoms with van der Waals surface area (Å²) in [6.45, 7) is 4.37. The lowest BCUT2D eigenvalue weighted by molar-refractivity contribution is -0.146. The van der Waals surface area contributed by atoms with E-state index in [-0.39, 0.29) is 12.0 Å². The van der Waals surface area contributed by atoms with E-state index in [1.807, 2.05) is 11.8 Å². The third-order valence-electron chi connectivity index (χ3n) is 2.26. The topological polar surface area (TPSA) is 48.0 Å². The molecular weight excluding hydrogens is 198 g/mol. The average Bonchev–Trinajstić information content (AvgIpc) is 2.27. The fourth-order valence-corrected chi connectivity index (χ4v) is 1.24. The van der Waals surface area contributed by atoms with E-state index in [1.165, 1.54) is 7.11 Å². The Balaban J connectivity index is 4.12. The molecule has 0 spiro atoms. The zero-order valence-electron chi connectivity index (χ0n) is 9.99. The second-order valence-electron chi connectivity index (χ2n) is 3.22. The summed E-state index contributed by atoms with van der Waals surface area (Å²) in [6, 6.07) is -0.264. The minimum atomic E-state index is -0.264. The Bertz CT molecular complexity index is 167. The van der Waals surface area contributed by atoms with Crippen LogP contribution in [0.3, 0.4) is 0 Å². The molecule has 0 N–H and O–H groups in total. The van der Waals surface area contributed by atoms with E-state index in [1.54, 1.807) is 14.2 Å². The van der Waals surface area contributed by atoms with E-state index in [0.29, 0.717) is 26.3 Å². The molecule has 0 saturated carbocycles. The van der Waals surface area contributed by atoms with E-state index in [4.69, 9.17) is 14.2 Å². The Hall–Kier alpha value is -0.650. The first-order valence-corrected chi connectivity index (χ1v) is 4.97. The van der Waals surface area contributed by atoms with Gasteiger partial charge in [-0.15, -0.1) is 0 Å². The van der Waals surface area contributed by atoms with Crippen molar-refractivity contribution in [3.8, 4) is 0 Å². The maximum Gasteiger partial charge on any atom is 0.322 e. The van der Waals surface area contributed by atoms with Gasteiger partial charge in [-0.05, 0) is 6.92 Å². The van der Waals surface area contributed by atoms with Crippen LogP contribution in [0.2, 0.25) is 0 Å². The summed E-state index contributed by atoms with van der Waals surface area (Å²) >= 11 is 0. The Morgan fingerprint density at radius 2 is 1.60 bits per heavy atom. The molecule has 0 amide bonds. The number of nitrogens with zero attached hydrogens (tertiary/aromatic N) is 1. The van der Waals surface area contributed by atoms with Crippen molar-refractivity contribution < 1.29 is 19.0 Å². The molecule has 0 fully saturated rings. The highest BCUT2D eigenvalue weighted by Gasteiger charge is 2.20. The van der Waals surface area contributed by atoms with Gasteiger partial charge in [-0.2, -0.15) is 0 Å². The smallest absolute Gasteiger partial charge is 0.322 e. The highest BCUT2D eigenvalue weighted by molar-refractivity contribution is 5.75. The highest BCUT2D eigenvalue weighted by atomic mass is 16.5. The first-order chi connectivity index (χ1) is 7.17. The second kappa shape index (κ2) is 8.64. The van der Waals surface area contributed by atoms with Crippen LogP contribution >= 0.6 is 0 Å².